The van der Waals surface area contributed by atoms with Crippen LogP contribution in [0.1, 0.15) is 24.3 Å². The summed E-state index contributed by atoms with van der Waals surface area (Å²) in [5, 5.41) is 20.7. The highest BCUT2D eigenvalue weighted by molar-refractivity contribution is 8.00. The van der Waals surface area contributed by atoms with Crippen molar-refractivity contribution in [3.05, 3.63) is 40.2 Å². The lowest BCUT2D eigenvalue weighted by Gasteiger charge is -2.49. The molecule has 2 aliphatic heterocycles. The number of carboxylic acid groups (broad SMARTS) is 1. The van der Waals surface area contributed by atoms with E-state index in [4.69, 9.17) is 10.6 Å². The summed E-state index contributed by atoms with van der Waals surface area (Å²) in [6.45, 7) is 4.25. The molecule has 0 radical (unpaired) electrons. The second kappa shape index (κ2) is 11.2. The summed E-state index contributed by atoms with van der Waals surface area (Å²) >= 11 is 3.75. The Bertz CT molecular complexity index is 1570. The van der Waals surface area contributed by atoms with Crippen molar-refractivity contribution in [3.63, 3.8) is 0 Å². The van der Waals surface area contributed by atoms with Crippen molar-refractivity contribution in [1.82, 2.24) is 29.3 Å². The Balaban J connectivity index is 1.39. The lowest BCUT2D eigenvalue weighted by atomic mass is 10.0. The summed E-state index contributed by atoms with van der Waals surface area (Å²) in [6.07, 6.45) is 2.49. The van der Waals surface area contributed by atoms with E-state index < -0.39 is 29.2 Å². The molecule has 1 fully saturated rings. The van der Waals surface area contributed by atoms with Gasteiger partial charge >= 0.3 is 5.97 Å². The average Bonchev–Trinajstić information content (AvgIpc) is 3.62. The number of hydrogen-bond acceptors (Lipinski definition) is 12. The van der Waals surface area contributed by atoms with Crippen LogP contribution in [0.3, 0.4) is 0 Å². The van der Waals surface area contributed by atoms with Gasteiger partial charge in [0.2, 0.25) is 22.8 Å². The van der Waals surface area contributed by atoms with Crippen molar-refractivity contribution >= 4 is 74.5 Å². The summed E-state index contributed by atoms with van der Waals surface area (Å²) in [4.78, 5) is 60.7. The first-order valence-electron chi connectivity index (χ1n) is 11.9. The standard InChI is InChI=1S/C22H23N9O6S3/c1-3-37-27-14(17-26-22(23)40-28-17)18(33)25-15-19(34)31-16(21(35)36)11(8-39-20(15)31)5-29-6-13-30(10(2)7-38-13)12(29)4-24-9-32/h6-7,9,15,20H,3-5,8H2,1-2H3,(H4-,23,24,25,26,28,32,33,35,36)/p+1/b27-14-/t15-,20-/m1/s1. The van der Waals surface area contributed by atoms with Crippen molar-refractivity contribution < 1.29 is 33.7 Å². The molecular weight excluding hydrogens is 583 g/mol. The van der Waals surface area contributed by atoms with Gasteiger partial charge in [0.05, 0.1) is 0 Å². The van der Waals surface area contributed by atoms with Crippen LogP contribution in [0, 0.1) is 6.92 Å². The summed E-state index contributed by atoms with van der Waals surface area (Å²) < 4.78 is 7.86. The zero-order chi connectivity index (χ0) is 28.6. The largest absolute Gasteiger partial charge is 0.477 e. The van der Waals surface area contributed by atoms with Crippen LogP contribution in [0.2, 0.25) is 0 Å². The highest BCUT2D eigenvalue weighted by Gasteiger charge is 2.54. The fourth-order valence-electron chi connectivity index (χ4n) is 4.49. The van der Waals surface area contributed by atoms with Crippen LogP contribution in [0.15, 0.2) is 28.0 Å². The number of fused-ring (bicyclic) bond motifs is 2. The van der Waals surface area contributed by atoms with E-state index in [1.54, 1.807) is 6.92 Å². The number of carbonyl (C=O) groups is 4. The van der Waals surface area contributed by atoms with Gasteiger partial charge in [-0.05, 0) is 13.8 Å². The third-order valence-corrected chi connectivity index (χ3v) is 9.04. The van der Waals surface area contributed by atoms with Crippen LogP contribution in [-0.2, 0) is 37.1 Å². The van der Waals surface area contributed by atoms with Gasteiger partial charge in [-0.15, -0.1) is 11.8 Å². The lowest BCUT2D eigenvalue weighted by Crippen LogP contribution is -2.71. The van der Waals surface area contributed by atoms with Crippen LogP contribution in [-0.4, -0.2) is 77.4 Å². The molecule has 2 atom stereocenters. The summed E-state index contributed by atoms with van der Waals surface area (Å²) in [5.41, 5.74) is 6.78. The molecule has 1 saturated heterocycles. The monoisotopic (exact) mass is 606 g/mol. The first-order chi connectivity index (χ1) is 19.2. The number of rotatable bonds is 11. The Morgan fingerprint density at radius 1 is 1.43 bits per heavy atom. The fourth-order valence-corrected chi connectivity index (χ4v) is 7.20. The molecule has 0 aliphatic carbocycles. The van der Waals surface area contributed by atoms with Crippen LogP contribution in [0.25, 0.3) is 4.83 Å². The van der Waals surface area contributed by atoms with Gasteiger partial charge < -0.3 is 26.3 Å². The van der Waals surface area contributed by atoms with E-state index in [-0.39, 0.29) is 42.1 Å². The Morgan fingerprint density at radius 2 is 2.23 bits per heavy atom. The molecule has 3 aromatic heterocycles. The molecular formula is C22H24N9O6S3+. The van der Waals surface area contributed by atoms with Crippen molar-refractivity contribution in [2.45, 2.75) is 38.4 Å². The van der Waals surface area contributed by atoms with Gasteiger partial charge in [-0.1, -0.05) is 16.5 Å². The number of oxime groups is 1. The number of hydrogen-bond donors (Lipinski definition) is 4. The Morgan fingerprint density at radius 3 is 2.90 bits per heavy atom. The molecule has 5 N–H and O–H groups in total. The molecule has 0 spiro atoms. The van der Waals surface area contributed by atoms with Crippen molar-refractivity contribution in [1.29, 1.82) is 0 Å². The van der Waals surface area contributed by atoms with E-state index in [1.807, 2.05) is 27.5 Å². The molecule has 2 aliphatic rings. The van der Waals surface area contributed by atoms with E-state index in [1.165, 1.54) is 28.0 Å². The second-order valence-corrected chi connectivity index (χ2v) is 11.4. The predicted octanol–water partition coefficient (Wildman–Crippen LogP) is -0.544. The van der Waals surface area contributed by atoms with Crippen LogP contribution >= 0.6 is 34.6 Å². The van der Waals surface area contributed by atoms with E-state index in [2.05, 4.69) is 25.1 Å². The van der Waals surface area contributed by atoms with Gasteiger partial charge in [-0.3, -0.25) is 19.3 Å². The maximum absolute atomic E-state index is 13.2. The molecule has 18 heteroatoms. The maximum Gasteiger partial charge on any atom is 0.352 e. The molecule has 5 heterocycles. The highest BCUT2D eigenvalue weighted by Crippen LogP contribution is 2.40. The number of nitrogens with one attached hydrogen (secondary N) is 2. The number of amides is 3. The number of imidazole rings is 1. The number of β-lactam (4-membered cyclic amide) rings is 1. The van der Waals surface area contributed by atoms with Gasteiger partial charge in [0, 0.05) is 28.2 Å². The quantitative estimate of drug-likeness (QED) is 0.0723. The maximum atomic E-state index is 13.2. The minimum atomic E-state index is -1.25. The zero-order valence-corrected chi connectivity index (χ0v) is 23.6. The number of thioether (sulfide) groups is 1. The van der Waals surface area contributed by atoms with Crippen LogP contribution < -0.4 is 20.9 Å². The molecule has 40 heavy (non-hydrogen) atoms. The first-order valence-corrected chi connectivity index (χ1v) is 14.6. The topological polar surface area (TPSA) is 197 Å². The van der Waals surface area contributed by atoms with Crippen molar-refractivity contribution in [3.8, 4) is 0 Å². The van der Waals surface area contributed by atoms with Gasteiger partial charge in [0.15, 0.2) is 5.13 Å². The smallest absolute Gasteiger partial charge is 0.352 e. The van der Waals surface area contributed by atoms with E-state index in [0.717, 1.165) is 27.9 Å². The molecule has 210 valence electrons. The normalized spacial score (nSPS) is 18.9. The van der Waals surface area contributed by atoms with Gasteiger partial charge in [0.25, 0.3) is 17.6 Å². The van der Waals surface area contributed by atoms with Gasteiger partial charge in [-0.25, -0.2) is 9.36 Å². The summed E-state index contributed by atoms with van der Waals surface area (Å²) in [7, 11) is 0. The summed E-state index contributed by atoms with van der Waals surface area (Å²) in [5.74, 6) is -1.52. The summed E-state index contributed by atoms with van der Waals surface area (Å²) in [6, 6.07) is -0.987. The minimum absolute atomic E-state index is 0.0404. The molecule has 3 amide bonds. The number of aromatic nitrogens is 4. The Kier molecular flexibility index (Phi) is 7.72. The molecule has 15 nitrogen and oxygen atoms in total. The number of nitrogen functional groups attached to an aromatic ring is 1. The highest BCUT2D eigenvalue weighted by atomic mass is 32.2. The SMILES string of the molecule is CCO/N=C(\C(=O)N[C@@H]1C(=O)N2C(C(=O)O)=C(C[n+]3cc4scc(C)n4c3CNC=O)CS[C@H]12)c1nsc(N)n1. The Labute approximate surface area is 238 Å². The number of nitrogens with two attached hydrogens (primary N) is 1. The molecule has 0 unspecified atom stereocenters. The number of thiazole rings is 1. The van der Waals surface area contributed by atoms with Crippen LogP contribution in [0.5, 0.6) is 0 Å². The molecule has 3 aromatic rings. The van der Waals surface area contributed by atoms with Crippen molar-refractivity contribution in [2.75, 3.05) is 18.1 Å². The lowest BCUT2D eigenvalue weighted by molar-refractivity contribution is -0.695. The van der Waals surface area contributed by atoms with Gasteiger partial charge in [-0.2, -0.15) is 13.8 Å². The van der Waals surface area contributed by atoms with Crippen molar-refractivity contribution in [2.24, 2.45) is 5.16 Å². The average molecular weight is 607 g/mol. The molecule has 0 bridgehead atoms. The third-order valence-electron chi connectivity index (χ3n) is 6.17. The molecule has 0 saturated carbocycles. The van der Waals surface area contributed by atoms with E-state index in [9.17, 15) is 24.3 Å². The van der Waals surface area contributed by atoms with Crippen LogP contribution in [0.4, 0.5) is 5.13 Å². The number of carbonyl (C=O) groups excluding carboxylic acids is 3. The second-order valence-electron chi connectivity index (χ2n) is 8.65. The van der Waals surface area contributed by atoms with E-state index in [0.29, 0.717) is 17.7 Å². The number of aryl methyl sites for hydroxylation is 1. The number of anilines is 1. The number of nitrogens with zero attached hydrogens (tertiary/aromatic N) is 6. The third kappa shape index (κ3) is 4.88. The number of aliphatic carboxylic acids is 1. The minimum Gasteiger partial charge on any atom is -0.477 e. The molecule has 0 aromatic carbocycles. The van der Waals surface area contributed by atoms with E-state index >= 15 is 0 Å². The first kappa shape index (κ1) is 27.5. The van der Waals surface area contributed by atoms with Gasteiger partial charge in [0.1, 0.15) is 48.7 Å². The number of carboxylic acids is 1. The fraction of sp³-hybridized carbons (Fsp3) is 0.364. The Hall–Kier alpha value is -4.03. The predicted molar refractivity (Wildman–Crippen MR) is 145 cm³/mol. The molecule has 5 rings (SSSR count). The zero-order valence-electron chi connectivity index (χ0n) is 21.2.